The molecule has 26 heavy (non-hydrogen) atoms. The molecule has 7 nitrogen and oxygen atoms in total. The second kappa shape index (κ2) is 7.45. The topological polar surface area (TPSA) is 102 Å². The van der Waals surface area contributed by atoms with Crippen molar-refractivity contribution in [2.45, 2.75) is 45.8 Å². The van der Waals surface area contributed by atoms with Crippen LogP contribution in [-0.4, -0.2) is 47.6 Å². The Bertz CT molecular complexity index is 714. The molecule has 0 radical (unpaired) electrons. The van der Waals surface area contributed by atoms with E-state index in [0.29, 0.717) is 17.9 Å². The van der Waals surface area contributed by atoms with E-state index in [4.69, 9.17) is 9.47 Å². The molecular weight excluding hydrogens is 338 g/mol. The summed E-state index contributed by atoms with van der Waals surface area (Å²) in [5.74, 6) is -1.37. The molecule has 7 heteroatoms. The first-order chi connectivity index (χ1) is 12.1. The largest absolute Gasteiger partial charge is 0.484 e. The van der Waals surface area contributed by atoms with Crippen molar-refractivity contribution >= 4 is 17.7 Å². The summed E-state index contributed by atoms with van der Waals surface area (Å²) >= 11 is 0. The highest BCUT2D eigenvalue weighted by Gasteiger charge is 2.66. The van der Waals surface area contributed by atoms with Gasteiger partial charge in [-0.2, -0.15) is 0 Å². The highest BCUT2D eigenvalue weighted by molar-refractivity contribution is 5.94. The van der Waals surface area contributed by atoms with Crippen molar-refractivity contribution in [2.75, 3.05) is 13.2 Å². The van der Waals surface area contributed by atoms with Gasteiger partial charge in [-0.25, -0.2) is 4.79 Å². The monoisotopic (exact) mass is 363 g/mol. The summed E-state index contributed by atoms with van der Waals surface area (Å²) in [5, 5.41) is 12.3. The van der Waals surface area contributed by atoms with Gasteiger partial charge in [0, 0.05) is 24.0 Å². The number of amides is 1. The van der Waals surface area contributed by atoms with Crippen LogP contribution in [0.5, 0.6) is 5.75 Å². The number of carboxylic acids is 1. The second-order valence-electron chi connectivity index (χ2n) is 7.00. The van der Waals surface area contributed by atoms with Crippen molar-refractivity contribution in [3.63, 3.8) is 0 Å². The number of benzene rings is 1. The van der Waals surface area contributed by atoms with Gasteiger partial charge in [0.1, 0.15) is 11.3 Å². The highest BCUT2D eigenvalue weighted by Crippen LogP contribution is 2.51. The Morgan fingerprint density at radius 3 is 2.54 bits per heavy atom. The summed E-state index contributed by atoms with van der Waals surface area (Å²) in [5.41, 5.74) is -1.67. The van der Waals surface area contributed by atoms with E-state index >= 15 is 0 Å². The van der Waals surface area contributed by atoms with Crippen LogP contribution in [0.15, 0.2) is 24.3 Å². The van der Waals surface area contributed by atoms with E-state index in [9.17, 15) is 19.5 Å². The van der Waals surface area contributed by atoms with E-state index in [-0.39, 0.29) is 24.9 Å². The van der Waals surface area contributed by atoms with E-state index in [0.717, 1.165) is 0 Å². The third-order valence-corrected chi connectivity index (χ3v) is 5.09. The molecule has 2 atom stereocenters. The molecule has 1 aromatic rings. The number of aliphatic carboxylic acids is 1. The Hall–Kier alpha value is -2.41. The zero-order chi connectivity index (χ0) is 19.5. The molecule has 1 aliphatic rings. The molecule has 0 spiro atoms. The number of ether oxygens (including phenoxy) is 2. The fourth-order valence-corrected chi connectivity index (χ4v) is 3.26. The number of hydrogen-bond donors (Lipinski definition) is 2. The van der Waals surface area contributed by atoms with Gasteiger partial charge in [0.15, 0.2) is 12.4 Å². The van der Waals surface area contributed by atoms with Gasteiger partial charge in [0.05, 0.1) is 6.10 Å². The van der Waals surface area contributed by atoms with E-state index < -0.39 is 22.8 Å². The van der Waals surface area contributed by atoms with Crippen LogP contribution in [0.3, 0.4) is 0 Å². The molecule has 142 valence electrons. The smallest absolute Gasteiger partial charge is 0.330 e. The maximum atomic E-state index is 12.3. The summed E-state index contributed by atoms with van der Waals surface area (Å²) < 4.78 is 11.0. The Labute approximate surface area is 152 Å². The number of ketones is 1. The summed E-state index contributed by atoms with van der Waals surface area (Å²) in [6.45, 7) is 6.96. The van der Waals surface area contributed by atoms with Gasteiger partial charge in [-0.05, 0) is 26.0 Å². The average molecular weight is 363 g/mol. The van der Waals surface area contributed by atoms with Crippen molar-refractivity contribution in [3.05, 3.63) is 29.8 Å². The fraction of sp³-hybridized carbons (Fsp3) is 0.526. The van der Waals surface area contributed by atoms with Gasteiger partial charge in [0.25, 0.3) is 5.91 Å². The lowest BCUT2D eigenvalue weighted by atomic mass is 9.54. The molecule has 0 saturated heterocycles. The minimum absolute atomic E-state index is 0.108. The maximum absolute atomic E-state index is 12.3. The average Bonchev–Trinajstić information content (AvgIpc) is 2.58. The molecule has 1 amide bonds. The standard InChI is InChI=1S/C19H25NO6/c1-5-25-15-10-19(17(23)24,18(15,3)4)20-16(22)11-26-14-8-6-7-13(9-14)12(2)21/h6-9,15H,5,10-11H2,1-4H3,(H,20,22)(H,23,24). The molecule has 2 unspecified atom stereocenters. The number of carbonyl (C=O) groups is 3. The Kier molecular flexibility index (Phi) is 5.71. The molecule has 1 aliphatic carbocycles. The van der Waals surface area contributed by atoms with Gasteiger partial charge >= 0.3 is 5.97 Å². The third kappa shape index (κ3) is 3.58. The molecule has 0 heterocycles. The normalized spacial score (nSPS) is 23.6. The molecule has 0 bridgehead atoms. The first-order valence-electron chi connectivity index (χ1n) is 8.54. The molecule has 0 aromatic heterocycles. The van der Waals surface area contributed by atoms with Crippen LogP contribution in [0.1, 0.15) is 44.5 Å². The zero-order valence-corrected chi connectivity index (χ0v) is 15.5. The lowest BCUT2D eigenvalue weighted by molar-refractivity contribution is -0.194. The van der Waals surface area contributed by atoms with Gasteiger partial charge in [-0.3, -0.25) is 9.59 Å². The third-order valence-electron chi connectivity index (χ3n) is 5.09. The Morgan fingerprint density at radius 2 is 2.00 bits per heavy atom. The molecule has 1 aromatic carbocycles. The lowest BCUT2D eigenvalue weighted by Gasteiger charge is -2.58. The fourth-order valence-electron chi connectivity index (χ4n) is 3.26. The van der Waals surface area contributed by atoms with Crippen LogP contribution >= 0.6 is 0 Å². The van der Waals surface area contributed by atoms with Gasteiger partial charge < -0.3 is 19.9 Å². The van der Waals surface area contributed by atoms with E-state index in [1.54, 1.807) is 38.1 Å². The minimum atomic E-state index is -1.39. The van der Waals surface area contributed by atoms with E-state index in [1.807, 2.05) is 6.92 Å². The molecular formula is C19H25NO6. The summed E-state index contributed by atoms with van der Waals surface area (Å²) in [4.78, 5) is 35.5. The molecule has 2 N–H and O–H groups in total. The number of hydrogen-bond acceptors (Lipinski definition) is 5. The van der Waals surface area contributed by atoms with Crippen molar-refractivity contribution in [3.8, 4) is 5.75 Å². The summed E-state index contributed by atoms with van der Waals surface area (Å²) in [6, 6.07) is 6.48. The number of carboxylic acid groups (broad SMARTS) is 1. The van der Waals surface area contributed by atoms with Crippen LogP contribution in [0.4, 0.5) is 0 Å². The first-order valence-corrected chi connectivity index (χ1v) is 8.54. The first kappa shape index (κ1) is 19.9. The molecule has 1 fully saturated rings. The predicted octanol–water partition coefficient (Wildman–Crippen LogP) is 2.04. The van der Waals surface area contributed by atoms with Crippen LogP contribution in [0, 0.1) is 5.41 Å². The molecule has 1 saturated carbocycles. The van der Waals surface area contributed by atoms with Crippen LogP contribution in [0.2, 0.25) is 0 Å². The van der Waals surface area contributed by atoms with Crippen LogP contribution in [0.25, 0.3) is 0 Å². The van der Waals surface area contributed by atoms with Gasteiger partial charge in [-0.1, -0.05) is 26.0 Å². The minimum Gasteiger partial charge on any atom is -0.484 e. The van der Waals surface area contributed by atoms with Gasteiger partial charge in [-0.15, -0.1) is 0 Å². The zero-order valence-electron chi connectivity index (χ0n) is 15.5. The molecule has 2 rings (SSSR count). The van der Waals surface area contributed by atoms with Crippen LogP contribution < -0.4 is 10.1 Å². The summed E-state index contributed by atoms with van der Waals surface area (Å²) in [7, 11) is 0. The number of Topliss-reactive ketones (excluding diaryl/α,β-unsaturated/α-hetero) is 1. The quantitative estimate of drug-likeness (QED) is 0.685. The predicted molar refractivity (Wildman–Crippen MR) is 94.3 cm³/mol. The van der Waals surface area contributed by atoms with Crippen molar-refractivity contribution < 1.29 is 29.0 Å². The summed E-state index contributed by atoms with van der Waals surface area (Å²) in [6.07, 6.45) is -0.0357. The van der Waals surface area contributed by atoms with Crippen molar-refractivity contribution in [1.29, 1.82) is 0 Å². The maximum Gasteiger partial charge on any atom is 0.330 e. The number of nitrogens with one attached hydrogen (secondary N) is 1. The van der Waals surface area contributed by atoms with Gasteiger partial charge in [0.2, 0.25) is 0 Å². The number of rotatable bonds is 8. The van der Waals surface area contributed by atoms with E-state index in [1.165, 1.54) is 6.92 Å². The highest BCUT2D eigenvalue weighted by atomic mass is 16.5. The SMILES string of the molecule is CCOC1CC(NC(=O)COc2cccc(C(C)=O)c2)(C(=O)O)C1(C)C. The van der Waals surface area contributed by atoms with Crippen LogP contribution in [-0.2, 0) is 14.3 Å². The Balaban J connectivity index is 2.03. The number of carbonyl (C=O) groups excluding carboxylic acids is 2. The lowest BCUT2D eigenvalue weighted by Crippen LogP contribution is -2.76. The van der Waals surface area contributed by atoms with Crippen molar-refractivity contribution in [2.24, 2.45) is 5.41 Å². The Morgan fingerprint density at radius 1 is 1.31 bits per heavy atom. The van der Waals surface area contributed by atoms with E-state index in [2.05, 4.69) is 5.32 Å². The van der Waals surface area contributed by atoms with Crippen molar-refractivity contribution in [1.82, 2.24) is 5.32 Å². The second-order valence-corrected chi connectivity index (χ2v) is 7.00. The molecule has 0 aliphatic heterocycles.